The fourth-order valence-corrected chi connectivity index (χ4v) is 4.43. The minimum Gasteiger partial charge on any atom is -0.382 e. The summed E-state index contributed by atoms with van der Waals surface area (Å²) in [4.78, 5) is 9.07. The highest BCUT2D eigenvalue weighted by molar-refractivity contribution is 7.89. The van der Waals surface area contributed by atoms with Crippen molar-refractivity contribution in [2.75, 3.05) is 18.8 Å². The third kappa shape index (κ3) is 3.14. The second-order valence-electron chi connectivity index (χ2n) is 6.32. The lowest BCUT2D eigenvalue weighted by atomic mass is 10.1. The quantitative estimate of drug-likeness (QED) is 0.919. The number of rotatable bonds is 4. The lowest BCUT2D eigenvalue weighted by molar-refractivity contribution is 0.477. The van der Waals surface area contributed by atoms with E-state index in [0.29, 0.717) is 29.5 Å². The molecule has 0 bridgehead atoms. The van der Waals surface area contributed by atoms with Crippen LogP contribution in [-0.2, 0) is 10.0 Å². The number of hydrogen-bond donors (Lipinski definition) is 1. The van der Waals surface area contributed by atoms with E-state index in [-0.39, 0.29) is 5.92 Å². The summed E-state index contributed by atoms with van der Waals surface area (Å²) >= 11 is 0. The molecule has 1 aromatic carbocycles. The maximum Gasteiger partial charge on any atom is 0.243 e. The lowest BCUT2D eigenvalue weighted by Crippen LogP contribution is -2.27. The Labute approximate surface area is 142 Å². The first-order valence-electron chi connectivity index (χ1n) is 8.12. The molecule has 0 amide bonds. The minimum absolute atomic E-state index is 0.147. The van der Waals surface area contributed by atoms with Gasteiger partial charge in [-0.15, -0.1) is 0 Å². The molecule has 1 aromatic heterocycles. The normalized spacial score (nSPS) is 16.0. The first-order chi connectivity index (χ1) is 11.4. The first-order valence-corrected chi connectivity index (χ1v) is 9.56. The van der Waals surface area contributed by atoms with Crippen molar-refractivity contribution < 1.29 is 8.42 Å². The van der Waals surface area contributed by atoms with Crippen LogP contribution < -0.4 is 5.73 Å². The molecule has 0 radical (unpaired) electrons. The van der Waals surface area contributed by atoms with Crippen molar-refractivity contribution in [3.05, 3.63) is 36.2 Å². The smallest absolute Gasteiger partial charge is 0.243 e. The standard InChI is InChI=1S/C17H22N4O2S/c1-12(2)16-17(18)19-11-15(20-16)13-6-5-7-14(10-13)24(22,23)21-8-3-4-9-21/h5-7,10-12H,3-4,8-9H2,1-2H3,(H2,18,19). The second kappa shape index (κ2) is 6.49. The predicted octanol–water partition coefficient (Wildman–Crippen LogP) is 2.63. The highest BCUT2D eigenvalue weighted by Gasteiger charge is 2.27. The SMILES string of the molecule is CC(C)c1nc(-c2cccc(S(=O)(=O)N3CCCC3)c2)cnc1N. The second-order valence-corrected chi connectivity index (χ2v) is 8.26. The molecule has 1 saturated heterocycles. The molecule has 1 aliphatic rings. The van der Waals surface area contributed by atoms with Gasteiger partial charge in [0.2, 0.25) is 10.0 Å². The average molecular weight is 346 g/mol. The number of benzene rings is 1. The van der Waals surface area contributed by atoms with Crippen molar-refractivity contribution in [2.45, 2.75) is 37.5 Å². The number of sulfonamides is 1. The molecule has 3 rings (SSSR count). The molecule has 0 spiro atoms. The Balaban J connectivity index is 2.01. The molecule has 6 nitrogen and oxygen atoms in total. The Morgan fingerprint density at radius 2 is 1.92 bits per heavy atom. The largest absolute Gasteiger partial charge is 0.382 e. The van der Waals surface area contributed by atoms with Crippen LogP contribution in [0.1, 0.15) is 38.3 Å². The molecule has 2 heterocycles. The van der Waals surface area contributed by atoms with Crippen molar-refractivity contribution >= 4 is 15.8 Å². The summed E-state index contributed by atoms with van der Waals surface area (Å²) in [6.45, 7) is 5.17. The highest BCUT2D eigenvalue weighted by atomic mass is 32.2. The van der Waals surface area contributed by atoms with Gasteiger partial charge in [0.15, 0.2) is 0 Å². The molecule has 24 heavy (non-hydrogen) atoms. The Morgan fingerprint density at radius 1 is 1.21 bits per heavy atom. The summed E-state index contributed by atoms with van der Waals surface area (Å²) in [5.41, 5.74) is 7.95. The predicted molar refractivity (Wildman–Crippen MR) is 94.0 cm³/mol. The first kappa shape index (κ1) is 16.9. The molecule has 0 atom stereocenters. The van der Waals surface area contributed by atoms with Gasteiger partial charge in [-0.05, 0) is 30.9 Å². The fourth-order valence-electron chi connectivity index (χ4n) is 2.87. The molecule has 2 N–H and O–H groups in total. The molecular formula is C17H22N4O2S. The van der Waals surface area contributed by atoms with Crippen LogP contribution in [-0.4, -0.2) is 35.8 Å². The zero-order valence-corrected chi connectivity index (χ0v) is 14.8. The van der Waals surface area contributed by atoms with Gasteiger partial charge in [0, 0.05) is 18.7 Å². The van der Waals surface area contributed by atoms with Crippen molar-refractivity contribution in [2.24, 2.45) is 0 Å². The summed E-state index contributed by atoms with van der Waals surface area (Å²) < 4.78 is 27.0. The molecule has 7 heteroatoms. The zero-order chi connectivity index (χ0) is 17.3. The third-order valence-corrected chi connectivity index (χ3v) is 6.10. The van der Waals surface area contributed by atoms with Gasteiger partial charge in [-0.1, -0.05) is 26.0 Å². The maximum absolute atomic E-state index is 12.7. The van der Waals surface area contributed by atoms with E-state index in [0.717, 1.165) is 24.1 Å². The summed E-state index contributed by atoms with van der Waals surface area (Å²) in [5.74, 6) is 0.559. The summed E-state index contributed by atoms with van der Waals surface area (Å²) in [6.07, 6.45) is 3.42. The van der Waals surface area contributed by atoms with E-state index >= 15 is 0 Å². The Kier molecular flexibility index (Phi) is 4.56. The highest BCUT2D eigenvalue weighted by Crippen LogP contribution is 2.27. The van der Waals surface area contributed by atoms with Crippen molar-refractivity contribution in [3.8, 4) is 11.3 Å². The number of nitrogens with zero attached hydrogens (tertiary/aromatic N) is 3. The Bertz CT molecular complexity index is 843. The Hall–Kier alpha value is -1.99. The minimum atomic E-state index is -3.44. The van der Waals surface area contributed by atoms with E-state index in [9.17, 15) is 8.42 Å². The number of anilines is 1. The number of hydrogen-bond acceptors (Lipinski definition) is 5. The van der Waals surface area contributed by atoms with Crippen molar-refractivity contribution in [1.82, 2.24) is 14.3 Å². The molecule has 2 aromatic rings. The van der Waals surface area contributed by atoms with Crippen LogP contribution in [0.3, 0.4) is 0 Å². The van der Waals surface area contributed by atoms with Crippen LogP contribution in [0.25, 0.3) is 11.3 Å². The monoisotopic (exact) mass is 346 g/mol. The van der Waals surface area contributed by atoms with E-state index in [4.69, 9.17) is 5.73 Å². The van der Waals surface area contributed by atoms with Crippen LogP contribution in [0.15, 0.2) is 35.4 Å². The van der Waals surface area contributed by atoms with Gasteiger partial charge < -0.3 is 5.73 Å². The molecule has 1 fully saturated rings. The average Bonchev–Trinajstić information content (AvgIpc) is 3.10. The van der Waals surface area contributed by atoms with E-state index in [1.54, 1.807) is 28.7 Å². The van der Waals surface area contributed by atoms with E-state index < -0.39 is 10.0 Å². The van der Waals surface area contributed by atoms with Crippen LogP contribution in [0.2, 0.25) is 0 Å². The van der Waals surface area contributed by atoms with E-state index in [2.05, 4.69) is 9.97 Å². The van der Waals surface area contributed by atoms with Crippen LogP contribution >= 0.6 is 0 Å². The molecule has 0 unspecified atom stereocenters. The van der Waals surface area contributed by atoms with Gasteiger partial charge in [-0.25, -0.2) is 18.4 Å². The van der Waals surface area contributed by atoms with E-state index in [1.165, 1.54) is 0 Å². The van der Waals surface area contributed by atoms with Gasteiger partial charge in [-0.2, -0.15) is 4.31 Å². The third-order valence-electron chi connectivity index (χ3n) is 4.21. The molecular weight excluding hydrogens is 324 g/mol. The van der Waals surface area contributed by atoms with Gasteiger partial charge in [0.25, 0.3) is 0 Å². The van der Waals surface area contributed by atoms with Crippen molar-refractivity contribution in [1.29, 1.82) is 0 Å². The summed E-state index contributed by atoms with van der Waals surface area (Å²) in [7, 11) is -3.44. The zero-order valence-electron chi connectivity index (χ0n) is 13.9. The van der Waals surface area contributed by atoms with Crippen molar-refractivity contribution in [3.63, 3.8) is 0 Å². The topological polar surface area (TPSA) is 89.2 Å². The molecule has 1 aliphatic heterocycles. The van der Waals surface area contributed by atoms with Gasteiger partial charge in [-0.3, -0.25) is 0 Å². The maximum atomic E-state index is 12.7. The molecule has 0 aliphatic carbocycles. The van der Waals surface area contributed by atoms with Gasteiger partial charge >= 0.3 is 0 Å². The van der Waals surface area contributed by atoms with Gasteiger partial charge in [0.05, 0.1) is 22.5 Å². The summed E-state index contributed by atoms with van der Waals surface area (Å²) in [6, 6.07) is 6.88. The van der Waals surface area contributed by atoms with Crippen LogP contribution in [0.5, 0.6) is 0 Å². The number of aromatic nitrogens is 2. The molecule has 128 valence electrons. The lowest BCUT2D eigenvalue weighted by Gasteiger charge is -2.16. The summed E-state index contributed by atoms with van der Waals surface area (Å²) in [5, 5.41) is 0. The number of nitrogens with two attached hydrogens (primary N) is 1. The number of nitrogen functional groups attached to an aromatic ring is 1. The fraction of sp³-hybridized carbons (Fsp3) is 0.412. The van der Waals surface area contributed by atoms with E-state index in [1.807, 2.05) is 19.9 Å². The van der Waals surface area contributed by atoms with Gasteiger partial charge in [0.1, 0.15) is 5.82 Å². The molecule has 0 saturated carbocycles. The van der Waals surface area contributed by atoms with Crippen LogP contribution in [0.4, 0.5) is 5.82 Å². The Morgan fingerprint density at radius 3 is 2.58 bits per heavy atom. The van der Waals surface area contributed by atoms with Crippen LogP contribution in [0, 0.1) is 0 Å².